The molecule has 0 aromatic heterocycles. The fraction of sp³-hybridized carbons (Fsp3) is 0. The highest BCUT2D eigenvalue weighted by atomic mass is 35.7. The fourth-order valence-electron chi connectivity index (χ4n) is 0.970. The molecule has 0 amide bonds. The van der Waals surface area contributed by atoms with Crippen molar-refractivity contribution in [2.75, 3.05) is 0 Å². The third-order valence-corrected chi connectivity index (χ3v) is 3.03. The molecule has 0 spiro atoms. The second-order valence-electron chi connectivity index (χ2n) is 2.83. The van der Waals surface area contributed by atoms with Crippen LogP contribution in [0.25, 0.3) is 11.1 Å². The van der Waals surface area contributed by atoms with E-state index >= 15 is 0 Å². The number of halogens is 2. The first kappa shape index (κ1) is 5.74. The van der Waals surface area contributed by atoms with Gasteiger partial charge in [0.25, 0.3) is 9.05 Å². The molecule has 2 nitrogen and oxygen atoms in total. The molecule has 0 N–H and O–H groups in total. The van der Waals surface area contributed by atoms with E-state index in [-0.39, 0.29) is 0 Å². The predicted molar refractivity (Wildman–Crippen MR) is 69.9 cm³/mol. The minimum absolute atomic E-state index is 0.464. The Morgan fingerprint density at radius 1 is 0.882 bits per heavy atom. The highest BCUT2D eigenvalue weighted by Gasteiger charge is 2.09. The predicted octanol–water partition coefficient (Wildman–Crippen LogP) is 3.93. The lowest BCUT2D eigenvalue weighted by atomic mass is 10.1. The van der Waals surface area contributed by atoms with Crippen molar-refractivity contribution in [2.45, 2.75) is 4.90 Å². The third-order valence-electron chi connectivity index (χ3n) is 1.69. The van der Waals surface area contributed by atoms with E-state index in [1.165, 1.54) is 0 Å². The molecule has 2 rings (SSSR count). The molecule has 0 heterocycles. The van der Waals surface area contributed by atoms with Gasteiger partial charge >= 0.3 is 0 Å². The lowest BCUT2D eigenvalue weighted by Crippen LogP contribution is -1.89. The Morgan fingerprint density at radius 2 is 1.29 bits per heavy atom. The summed E-state index contributed by atoms with van der Waals surface area (Å²) in [5.74, 6) is 0. The van der Waals surface area contributed by atoms with E-state index in [1.54, 1.807) is 0 Å². The molecule has 2 aromatic rings. The van der Waals surface area contributed by atoms with E-state index in [0.717, 1.165) is 0 Å². The standard InChI is InChI=1S/C12H8Cl2O2S/c13-11-5-1-9(2-6-11)10-3-7-12(8-4-10)17(14,15)16/h1-8H/i1D,2D,3D,4D,5D,6D,7D,8D. The maximum atomic E-state index is 11.5. The quantitative estimate of drug-likeness (QED) is 0.787. The van der Waals surface area contributed by atoms with Gasteiger partial charge in [0.1, 0.15) is 0 Å². The van der Waals surface area contributed by atoms with E-state index in [9.17, 15) is 8.42 Å². The summed E-state index contributed by atoms with van der Waals surface area (Å²) in [7, 11) is 0.576. The molecular formula is C12H8Cl2O2S. The van der Waals surface area contributed by atoms with Crippen molar-refractivity contribution in [3.63, 3.8) is 0 Å². The Hall–Kier alpha value is -1.03. The summed E-state index contributed by atoms with van der Waals surface area (Å²) >= 11 is 5.70. The molecule has 0 aliphatic rings. The van der Waals surface area contributed by atoms with Crippen LogP contribution in [0.3, 0.4) is 0 Å². The first-order valence-electron chi connectivity index (χ1n) is 8.13. The number of hydrogen-bond donors (Lipinski definition) is 0. The first-order chi connectivity index (χ1) is 11.3. The van der Waals surface area contributed by atoms with E-state index < -0.39 is 78.4 Å². The van der Waals surface area contributed by atoms with Crippen LogP contribution in [-0.4, -0.2) is 8.42 Å². The van der Waals surface area contributed by atoms with Crippen molar-refractivity contribution in [3.05, 3.63) is 53.4 Å². The molecule has 0 radical (unpaired) electrons. The first-order valence-corrected chi connectivity index (χ1v) is 6.82. The van der Waals surface area contributed by atoms with Crippen LogP contribution in [0, 0.1) is 0 Å². The van der Waals surface area contributed by atoms with Crippen molar-refractivity contribution < 1.29 is 19.4 Å². The molecule has 2 aromatic carbocycles. The smallest absolute Gasteiger partial charge is 0.207 e. The Kier molecular flexibility index (Phi) is 1.58. The molecule has 5 heteroatoms. The Morgan fingerprint density at radius 3 is 1.71 bits per heavy atom. The molecule has 88 valence electrons. The normalized spacial score (nSPS) is 18.0. The van der Waals surface area contributed by atoms with Gasteiger partial charge in [-0.15, -0.1) is 0 Å². The molecule has 0 fully saturated rings. The topological polar surface area (TPSA) is 34.1 Å². The van der Waals surface area contributed by atoms with Crippen molar-refractivity contribution in [1.29, 1.82) is 0 Å². The second kappa shape index (κ2) is 4.69. The highest BCUT2D eigenvalue weighted by molar-refractivity contribution is 8.13. The van der Waals surface area contributed by atoms with Gasteiger partial charge in [-0.3, -0.25) is 0 Å². The SMILES string of the molecule is [2H]c1c([2H])c(-c2c([2H])c([2H])c(S(=O)(=O)Cl)c([2H])c2[2H])c([2H])c([2H])c1Cl. The molecule has 0 saturated heterocycles. The van der Waals surface area contributed by atoms with Crippen LogP contribution < -0.4 is 0 Å². The summed E-state index contributed by atoms with van der Waals surface area (Å²) in [4.78, 5) is -1.03. The van der Waals surface area contributed by atoms with E-state index in [2.05, 4.69) is 0 Å². The Balaban J connectivity index is 3.08. The van der Waals surface area contributed by atoms with E-state index in [0.29, 0.717) is 0 Å². The zero-order chi connectivity index (χ0) is 19.4. The van der Waals surface area contributed by atoms with E-state index in [1.807, 2.05) is 0 Å². The summed E-state index contributed by atoms with van der Waals surface area (Å²) in [6.07, 6.45) is 0. The molecule has 0 bridgehead atoms. The minimum atomic E-state index is -4.58. The van der Waals surface area contributed by atoms with Gasteiger partial charge < -0.3 is 0 Å². The van der Waals surface area contributed by atoms with Gasteiger partial charge in [0.15, 0.2) is 0 Å². The van der Waals surface area contributed by atoms with Gasteiger partial charge in [0.05, 0.1) is 15.9 Å². The Bertz CT molecular complexity index is 965. The van der Waals surface area contributed by atoms with Crippen LogP contribution in [0.5, 0.6) is 0 Å². The summed E-state index contributed by atoms with van der Waals surface area (Å²) in [6, 6.07) is -6.25. The van der Waals surface area contributed by atoms with Gasteiger partial charge in [-0.25, -0.2) is 8.42 Å². The lowest BCUT2D eigenvalue weighted by molar-refractivity contribution is 0.609. The maximum absolute atomic E-state index is 11.5. The molecule has 0 saturated carbocycles. The summed E-state index contributed by atoms with van der Waals surface area (Å²) in [5, 5.41) is -0.464. The molecular weight excluding hydrogens is 279 g/mol. The van der Waals surface area contributed by atoms with Crippen LogP contribution >= 0.6 is 22.3 Å². The third kappa shape index (κ3) is 3.00. The Labute approximate surface area is 120 Å². The van der Waals surface area contributed by atoms with Crippen molar-refractivity contribution in [1.82, 2.24) is 0 Å². The van der Waals surface area contributed by atoms with Crippen LogP contribution in [-0.2, 0) is 9.05 Å². The molecule has 17 heavy (non-hydrogen) atoms. The van der Waals surface area contributed by atoms with Gasteiger partial charge in [0, 0.05) is 15.7 Å². The molecule has 0 aliphatic carbocycles. The van der Waals surface area contributed by atoms with Crippen LogP contribution in [0.15, 0.2) is 53.2 Å². The largest absolute Gasteiger partial charge is 0.261 e. The number of benzene rings is 2. The summed E-state index contributed by atoms with van der Waals surface area (Å²) in [6.45, 7) is 0. The van der Waals surface area contributed by atoms with Gasteiger partial charge in [-0.2, -0.15) is 0 Å². The van der Waals surface area contributed by atoms with Crippen LogP contribution in [0.4, 0.5) is 0 Å². The van der Waals surface area contributed by atoms with Gasteiger partial charge in [-0.05, 0) is 35.3 Å². The summed E-state index contributed by atoms with van der Waals surface area (Å²) < 4.78 is 85.7. The van der Waals surface area contributed by atoms with Crippen LogP contribution in [0.2, 0.25) is 5.02 Å². The van der Waals surface area contributed by atoms with Crippen molar-refractivity contribution in [3.8, 4) is 11.1 Å². The van der Waals surface area contributed by atoms with Crippen LogP contribution in [0.1, 0.15) is 11.0 Å². The fourth-order valence-corrected chi connectivity index (χ4v) is 1.64. The maximum Gasteiger partial charge on any atom is 0.261 e. The van der Waals surface area contributed by atoms with Crippen molar-refractivity contribution in [2.24, 2.45) is 0 Å². The second-order valence-corrected chi connectivity index (χ2v) is 5.71. The van der Waals surface area contributed by atoms with Gasteiger partial charge in [0.2, 0.25) is 0 Å². The minimum Gasteiger partial charge on any atom is -0.207 e. The average molecular weight is 295 g/mol. The summed E-state index contributed by atoms with van der Waals surface area (Å²) in [5.41, 5.74) is -1.09. The van der Waals surface area contributed by atoms with E-state index in [4.69, 9.17) is 33.2 Å². The lowest BCUT2D eigenvalue weighted by Gasteiger charge is -2.02. The monoisotopic (exact) mass is 294 g/mol. The number of rotatable bonds is 2. The van der Waals surface area contributed by atoms with Crippen molar-refractivity contribution >= 4 is 31.3 Å². The zero-order valence-electron chi connectivity index (χ0n) is 16.0. The average Bonchev–Trinajstić information content (AvgIpc) is 2.51. The molecule has 0 atom stereocenters. The molecule has 0 unspecified atom stereocenters. The molecule has 0 aliphatic heterocycles. The van der Waals surface area contributed by atoms with Gasteiger partial charge in [-0.1, -0.05) is 35.8 Å². The highest BCUT2D eigenvalue weighted by Crippen LogP contribution is 2.24. The number of hydrogen-bond acceptors (Lipinski definition) is 2. The zero-order valence-corrected chi connectivity index (χ0v) is 10.3.